The molecule has 1 aliphatic rings. The molecule has 1 heterocycles. The number of carbonyl (C=O) groups is 1. The number of hydrogen-bond acceptors (Lipinski definition) is 5. The summed E-state index contributed by atoms with van der Waals surface area (Å²) in [6, 6.07) is 12.8. The number of ether oxygens (including phenoxy) is 1. The van der Waals surface area contributed by atoms with Crippen molar-refractivity contribution >= 4 is 17.3 Å². The number of nitrogens with zero attached hydrogens (tertiary/aromatic N) is 2. The van der Waals surface area contributed by atoms with Crippen molar-refractivity contribution in [2.24, 2.45) is 5.92 Å². The van der Waals surface area contributed by atoms with Gasteiger partial charge in [-0.05, 0) is 56.0 Å². The second kappa shape index (κ2) is 9.41. The number of carbonyl (C=O) groups excluding carboxylic acids is 1. The molecule has 7 nitrogen and oxygen atoms in total. The Morgan fingerprint density at radius 1 is 1.17 bits per heavy atom. The van der Waals surface area contributed by atoms with Gasteiger partial charge in [0, 0.05) is 25.1 Å². The molecule has 29 heavy (non-hydrogen) atoms. The zero-order chi connectivity index (χ0) is 20.8. The Bertz CT molecular complexity index is 856. The molecule has 154 valence electrons. The number of nitrogens with one attached hydrogen (secondary N) is 1. The number of aryl methyl sites for hydroxylation is 2. The van der Waals surface area contributed by atoms with Gasteiger partial charge >= 0.3 is 0 Å². The Hall–Kier alpha value is -3.09. The van der Waals surface area contributed by atoms with Gasteiger partial charge in [0.1, 0.15) is 18.0 Å². The van der Waals surface area contributed by atoms with E-state index in [4.69, 9.17) is 4.74 Å². The van der Waals surface area contributed by atoms with Crippen molar-refractivity contribution in [3.8, 4) is 5.75 Å². The predicted octanol–water partition coefficient (Wildman–Crippen LogP) is 3.62. The van der Waals surface area contributed by atoms with E-state index in [1.165, 1.54) is 6.07 Å². The summed E-state index contributed by atoms with van der Waals surface area (Å²) in [5, 5.41) is 14.2. The van der Waals surface area contributed by atoms with Crippen LogP contribution in [0.1, 0.15) is 24.0 Å². The molecule has 0 spiro atoms. The fourth-order valence-corrected chi connectivity index (χ4v) is 3.77. The highest BCUT2D eigenvalue weighted by Gasteiger charge is 2.27. The SMILES string of the molecule is Cc1cc(C)cc(OCCNC(=O)C2CCN(c3ccccc3[N+](=O)[O-])CC2)c1. The summed E-state index contributed by atoms with van der Waals surface area (Å²) in [5.74, 6) is 0.765. The molecule has 3 rings (SSSR count). The maximum atomic E-state index is 12.4. The minimum absolute atomic E-state index is 0.0243. The predicted molar refractivity (Wildman–Crippen MR) is 112 cm³/mol. The van der Waals surface area contributed by atoms with E-state index in [9.17, 15) is 14.9 Å². The van der Waals surface area contributed by atoms with E-state index in [-0.39, 0.29) is 22.4 Å². The highest BCUT2D eigenvalue weighted by Crippen LogP contribution is 2.31. The van der Waals surface area contributed by atoms with Crippen LogP contribution >= 0.6 is 0 Å². The fraction of sp³-hybridized carbons (Fsp3) is 0.409. The van der Waals surface area contributed by atoms with Crippen LogP contribution in [0.25, 0.3) is 0 Å². The molecular formula is C22H27N3O4. The lowest BCUT2D eigenvalue weighted by Gasteiger charge is -2.32. The van der Waals surface area contributed by atoms with Gasteiger partial charge in [0.15, 0.2) is 0 Å². The lowest BCUT2D eigenvalue weighted by Crippen LogP contribution is -2.41. The lowest BCUT2D eigenvalue weighted by molar-refractivity contribution is -0.384. The van der Waals surface area contributed by atoms with E-state index >= 15 is 0 Å². The first-order valence-corrected chi connectivity index (χ1v) is 9.91. The van der Waals surface area contributed by atoms with Gasteiger partial charge < -0.3 is 15.0 Å². The minimum Gasteiger partial charge on any atom is -0.492 e. The number of nitro benzene ring substituents is 1. The Morgan fingerprint density at radius 3 is 2.48 bits per heavy atom. The van der Waals surface area contributed by atoms with Crippen LogP contribution < -0.4 is 15.0 Å². The topological polar surface area (TPSA) is 84.7 Å². The van der Waals surface area contributed by atoms with Gasteiger partial charge in [0.2, 0.25) is 5.91 Å². The quantitative estimate of drug-likeness (QED) is 0.438. The molecule has 1 fully saturated rings. The van der Waals surface area contributed by atoms with E-state index in [2.05, 4.69) is 11.4 Å². The van der Waals surface area contributed by atoms with Gasteiger partial charge in [0.05, 0.1) is 11.5 Å². The van der Waals surface area contributed by atoms with Crippen LogP contribution in [0.15, 0.2) is 42.5 Å². The average molecular weight is 397 g/mol. The summed E-state index contributed by atoms with van der Waals surface area (Å²) in [6.45, 7) is 6.18. The largest absolute Gasteiger partial charge is 0.492 e. The smallest absolute Gasteiger partial charge is 0.292 e. The highest BCUT2D eigenvalue weighted by molar-refractivity contribution is 5.79. The zero-order valence-corrected chi connectivity index (χ0v) is 16.9. The summed E-state index contributed by atoms with van der Waals surface area (Å²) >= 11 is 0. The number of nitro groups is 1. The molecule has 0 atom stereocenters. The van der Waals surface area contributed by atoms with Gasteiger partial charge in [-0.25, -0.2) is 0 Å². The maximum Gasteiger partial charge on any atom is 0.292 e. The van der Waals surface area contributed by atoms with E-state index in [0.29, 0.717) is 44.8 Å². The number of piperidine rings is 1. The van der Waals surface area contributed by atoms with Crippen molar-refractivity contribution in [3.05, 3.63) is 63.7 Å². The Balaban J connectivity index is 1.44. The van der Waals surface area contributed by atoms with Crippen LogP contribution in [0.3, 0.4) is 0 Å². The van der Waals surface area contributed by atoms with Gasteiger partial charge in [-0.2, -0.15) is 0 Å². The monoisotopic (exact) mass is 397 g/mol. The first-order chi connectivity index (χ1) is 13.9. The van der Waals surface area contributed by atoms with E-state index in [1.807, 2.05) is 30.9 Å². The number of amides is 1. The molecule has 1 aliphatic heterocycles. The molecule has 0 saturated carbocycles. The van der Waals surface area contributed by atoms with Crippen LogP contribution in [0.2, 0.25) is 0 Å². The average Bonchev–Trinajstić information content (AvgIpc) is 2.70. The molecule has 7 heteroatoms. The Morgan fingerprint density at radius 2 is 1.83 bits per heavy atom. The van der Waals surface area contributed by atoms with Crippen LogP contribution in [-0.2, 0) is 4.79 Å². The van der Waals surface area contributed by atoms with Crippen LogP contribution in [-0.4, -0.2) is 37.1 Å². The summed E-state index contributed by atoms with van der Waals surface area (Å²) in [7, 11) is 0. The van der Waals surface area contributed by atoms with Crippen LogP contribution in [0.4, 0.5) is 11.4 Å². The number of hydrogen-bond donors (Lipinski definition) is 1. The zero-order valence-electron chi connectivity index (χ0n) is 16.9. The van der Waals surface area contributed by atoms with E-state index in [1.54, 1.807) is 18.2 Å². The van der Waals surface area contributed by atoms with Crippen molar-refractivity contribution in [1.82, 2.24) is 5.32 Å². The summed E-state index contributed by atoms with van der Waals surface area (Å²) in [5.41, 5.74) is 3.03. The fourth-order valence-electron chi connectivity index (χ4n) is 3.77. The Kier molecular flexibility index (Phi) is 6.69. The molecule has 0 aromatic heterocycles. The molecular weight excluding hydrogens is 370 g/mol. The van der Waals surface area contributed by atoms with Crippen molar-refractivity contribution in [2.45, 2.75) is 26.7 Å². The second-order valence-corrected chi connectivity index (χ2v) is 7.47. The van der Waals surface area contributed by atoms with Crippen LogP contribution in [0.5, 0.6) is 5.75 Å². The van der Waals surface area contributed by atoms with E-state index < -0.39 is 0 Å². The first kappa shape index (κ1) is 20.6. The molecule has 0 unspecified atom stereocenters. The maximum absolute atomic E-state index is 12.4. The van der Waals surface area contributed by atoms with Crippen molar-refractivity contribution in [1.29, 1.82) is 0 Å². The highest BCUT2D eigenvalue weighted by atomic mass is 16.6. The molecule has 2 aromatic carbocycles. The van der Waals surface area contributed by atoms with Crippen molar-refractivity contribution < 1.29 is 14.5 Å². The molecule has 1 amide bonds. The van der Waals surface area contributed by atoms with Gasteiger partial charge in [-0.15, -0.1) is 0 Å². The van der Waals surface area contributed by atoms with Crippen molar-refractivity contribution in [2.75, 3.05) is 31.1 Å². The molecule has 1 N–H and O–H groups in total. The normalized spacial score (nSPS) is 14.5. The van der Waals surface area contributed by atoms with Crippen LogP contribution in [0, 0.1) is 29.9 Å². The van der Waals surface area contributed by atoms with Gasteiger partial charge in [0.25, 0.3) is 5.69 Å². The number of para-hydroxylation sites is 2. The lowest BCUT2D eigenvalue weighted by atomic mass is 9.95. The van der Waals surface area contributed by atoms with Crippen molar-refractivity contribution in [3.63, 3.8) is 0 Å². The van der Waals surface area contributed by atoms with E-state index in [0.717, 1.165) is 16.9 Å². The second-order valence-electron chi connectivity index (χ2n) is 7.47. The van der Waals surface area contributed by atoms with Gasteiger partial charge in [-0.1, -0.05) is 18.2 Å². The summed E-state index contributed by atoms with van der Waals surface area (Å²) in [6.07, 6.45) is 1.35. The molecule has 1 saturated heterocycles. The third kappa shape index (κ3) is 5.47. The molecule has 0 radical (unpaired) electrons. The van der Waals surface area contributed by atoms with Gasteiger partial charge in [-0.3, -0.25) is 14.9 Å². The molecule has 0 bridgehead atoms. The third-order valence-electron chi connectivity index (χ3n) is 5.15. The third-order valence-corrected chi connectivity index (χ3v) is 5.15. The number of rotatable bonds is 7. The Labute approximate surface area is 170 Å². The molecule has 0 aliphatic carbocycles. The summed E-state index contributed by atoms with van der Waals surface area (Å²) < 4.78 is 5.73. The minimum atomic E-state index is -0.357. The standard InChI is InChI=1S/C22H27N3O4/c1-16-13-17(2)15-19(14-16)29-12-9-23-22(26)18-7-10-24(11-8-18)20-5-3-4-6-21(20)25(27)28/h3-6,13-15,18H,7-12H2,1-2H3,(H,23,26). The first-order valence-electron chi connectivity index (χ1n) is 9.91. The number of benzene rings is 2. The molecule has 2 aromatic rings. The summed E-state index contributed by atoms with van der Waals surface area (Å²) in [4.78, 5) is 25.3. The number of anilines is 1.